The Morgan fingerprint density at radius 3 is 2.32 bits per heavy atom. The molecular weight excluding hydrogens is 535 g/mol. The number of carbonyl (C=O) groups is 3. The van der Waals surface area contributed by atoms with Gasteiger partial charge < -0.3 is 29.9 Å². The van der Waals surface area contributed by atoms with Crippen LogP contribution in [0.25, 0.3) is 0 Å². The van der Waals surface area contributed by atoms with Crippen LogP contribution in [0, 0.1) is 5.92 Å². The monoisotopic (exact) mass is 566 g/mol. The molecule has 9 nitrogen and oxygen atoms in total. The van der Waals surface area contributed by atoms with Gasteiger partial charge in [-0.15, -0.1) is 0 Å². The number of carboxylic acids is 2. The van der Waals surface area contributed by atoms with Crippen LogP contribution in [0.3, 0.4) is 0 Å². The lowest BCUT2D eigenvalue weighted by Crippen LogP contribution is -2.57. The third-order valence-electron chi connectivity index (χ3n) is 6.93. The molecule has 3 aliphatic rings. The molecule has 2 saturated heterocycles. The second kappa shape index (κ2) is 13.4. The number of piperidine rings is 1. The molecule has 1 aromatic carbocycles. The van der Waals surface area contributed by atoms with Gasteiger partial charge >= 0.3 is 11.9 Å². The predicted molar refractivity (Wildman–Crippen MR) is 143 cm³/mol. The van der Waals surface area contributed by atoms with Crippen LogP contribution in [0.15, 0.2) is 54.2 Å². The quantitative estimate of drug-likeness (QED) is 0.338. The first-order valence-electron chi connectivity index (χ1n) is 12.3. The zero-order valence-corrected chi connectivity index (χ0v) is 22.6. The molecule has 0 saturated carbocycles. The van der Waals surface area contributed by atoms with Crippen molar-refractivity contribution in [3.63, 3.8) is 0 Å². The maximum atomic E-state index is 13.3. The van der Waals surface area contributed by atoms with Gasteiger partial charge in [-0.25, -0.2) is 9.59 Å². The fourth-order valence-electron chi connectivity index (χ4n) is 5.08. The zero-order chi connectivity index (χ0) is 27.9. The summed E-state index contributed by atoms with van der Waals surface area (Å²) in [5.74, 6) is -3.91. The largest absolute Gasteiger partial charge is 0.478 e. The highest BCUT2D eigenvalue weighted by Gasteiger charge is 2.46. The number of likely N-dealkylation sites (tertiary alicyclic amines) is 2. The Morgan fingerprint density at radius 1 is 1.08 bits per heavy atom. The summed E-state index contributed by atoms with van der Waals surface area (Å²) in [7, 11) is 1.53. The van der Waals surface area contributed by atoms with E-state index >= 15 is 0 Å². The average molecular weight is 567 g/mol. The van der Waals surface area contributed by atoms with Crippen LogP contribution in [0.2, 0.25) is 10.0 Å². The van der Waals surface area contributed by atoms with Crippen molar-refractivity contribution in [3.05, 3.63) is 69.8 Å². The number of carbonyl (C=O) groups excluding carboxylic acids is 1. The minimum Gasteiger partial charge on any atom is -0.478 e. The Balaban J connectivity index is 0.000000436. The number of hydrogen-bond acceptors (Lipinski definition) is 6. The highest BCUT2D eigenvalue weighted by atomic mass is 35.5. The number of amides is 1. The van der Waals surface area contributed by atoms with E-state index in [2.05, 4.69) is 11.0 Å². The highest BCUT2D eigenvalue weighted by Crippen LogP contribution is 2.40. The standard InChI is InChI=1S/C23H28Cl2N2O3.C4H4O4/c1-30-23(29)9-4-5-17-18(23)8-12-27(21(17)15-26-10-2-3-11-26)22(28)14-16-6-7-19(24)20(25)13-16;5-3(6)1-2-4(7)8/h4-7,9,13,18,21,29H,2-3,8,10-12,14-15H2,1H3;1-2H,(H,5,6)(H,7,8). The van der Waals surface area contributed by atoms with Gasteiger partial charge in [0.25, 0.3) is 0 Å². The van der Waals surface area contributed by atoms with Crippen molar-refractivity contribution in [2.24, 2.45) is 5.92 Å². The Labute approximate surface area is 231 Å². The van der Waals surface area contributed by atoms with E-state index in [1.54, 1.807) is 18.2 Å². The fraction of sp³-hybridized carbons (Fsp3) is 0.444. The van der Waals surface area contributed by atoms with E-state index in [0.29, 0.717) is 35.2 Å². The van der Waals surface area contributed by atoms with Gasteiger partial charge in [-0.2, -0.15) is 0 Å². The summed E-state index contributed by atoms with van der Waals surface area (Å²) in [5, 5.41) is 27.5. The molecule has 1 amide bonds. The topological polar surface area (TPSA) is 128 Å². The number of rotatable bonds is 7. The maximum Gasteiger partial charge on any atom is 0.328 e. The molecular formula is C27H32Cl2N2O7. The van der Waals surface area contributed by atoms with E-state index in [0.717, 1.165) is 30.8 Å². The van der Waals surface area contributed by atoms with Crippen molar-refractivity contribution >= 4 is 41.0 Å². The van der Waals surface area contributed by atoms with Gasteiger partial charge in [-0.05, 0) is 61.7 Å². The Kier molecular flexibility index (Phi) is 10.5. The van der Waals surface area contributed by atoms with Crippen LogP contribution < -0.4 is 0 Å². The zero-order valence-electron chi connectivity index (χ0n) is 21.1. The molecule has 2 aliphatic heterocycles. The first-order valence-corrected chi connectivity index (χ1v) is 13.1. The van der Waals surface area contributed by atoms with E-state index in [9.17, 15) is 19.5 Å². The molecule has 3 N–H and O–H groups in total. The SMILES string of the molecule is COC1(O)C=CC=C2C(CN3CCCC3)N(C(=O)Cc3ccc(Cl)c(Cl)c3)CCC21.O=C(O)C=CC(=O)O. The molecule has 2 heterocycles. The molecule has 3 atom stereocenters. The van der Waals surface area contributed by atoms with Crippen molar-refractivity contribution in [2.45, 2.75) is 37.5 Å². The van der Waals surface area contributed by atoms with Crippen LogP contribution in [0.5, 0.6) is 0 Å². The second-order valence-corrected chi connectivity index (χ2v) is 10.2. The van der Waals surface area contributed by atoms with Crippen molar-refractivity contribution in [3.8, 4) is 0 Å². The number of nitrogens with zero attached hydrogens (tertiary/aromatic N) is 2. The lowest BCUT2D eigenvalue weighted by molar-refractivity contribution is -0.185. The van der Waals surface area contributed by atoms with Crippen LogP contribution in [-0.4, -0.2) is 88.1 Å². The molecule has 11 heteroatoms. The molecule has 206 valence electrons. The summed E-state index contributed by atoms with van der Waals surface area (Å²) in [5.41, 5.74) is 1.92. The number of aliphatic carboxylic acids is 2. The molecule has 2 fully saturated rings. The Hall–Kier alpha value is -2.69. The fourth-order valence-corrected chi connectivity index (χ4v) is 5.40. The predicted octanol–water partition coefficient (Wildman–Crippen LogP) is 3.39. The van der Waals surface area contributed by atoms with Gasteiger partial charge in [0.15, 0.2) is 5.79 Å². The maximum absolute atomic E-state index is 13.3. The van der Waals surface area contributed by atoms with Crippen LogP contribution in [0.1, 0.15) is 24.8 Å². The van der Waals surface area contributed by atoms with E-state index < -0.39 is 17.7 Å². The summed E-state index contributed by atoms with van der Waals surface area (Å²) < 4.78 is 5.47. The lowest BCUT2D eigenvalue weighted by atomic mass is 9.76. The Bertz CT molecular complexity index is 1110. The van der Waals surface area contributed by atoms with Gasteiger partial charge in [-0.3, -0.25) is 4.79 Å². The van der Waals surface area contributed by atoms with Gasteiger partial charge in [0.1, 0.15) is 0 Å². The molecule has 0 aromatic heterocycles. The summed E-state index contributed by atoms with van der Waals surface area (Å²) in [6.45, 7) is 3.46. The smallest absolute Gasteiger partial charge is 0.328 e. The molecule has 0 bridgehead atoms. The molecule has 3 unspecified atom stereocenters. The number of allylic oxidation sites excluding steroid dienone is 2. The number of aliphatic hydroxyl groups is 1. The Morgan fingerprint density at radius 2 is 1.74 bits per heavy atom. The number of benzene rings is 1. The minimum absolute atomic E-state index is 0.0624. The van der Waals surface area contributed by atoms with Crippen molar-refractivity contribution in [1.29, 1.82) is 0 Å². The number of fused-ring (bicyclic) bond motifs is 1. The summed E-state index contributed by atoms with van der Waals surface area (Å²) in [4.78, 5) is 36.8. The first-order chi connectivity index (χ1) is 18.0. The number of carboxylic acid groups (broad SMARTS) is 2. The summed E-state index contributed by atoms with van der Waals surface area (Å²) in [6.07, 6.45) is 10.0. The van der Waals surface area contributed by atoms with E-state index in [1.807, 2.05) is 17.0 Å². The molecule has 0 radical (unpaired) electrons. The van der Waals surface area contributed by atoms with Gasteiger partial charge in [-0.1, -0.05) is 41.4 Å². The number of hydrogen-bond donors (Lipinski definition) is 3. The second-order valence-electron chi connectivity index (χ2n) is 9.37. The summed E-state index contributed by atoms with van der Waals surface area (Å²) in [6, 6.07) is 5.26. The van der Waals surface area contributed by atoms with Crippen LogP contribution in [0.4, 0.5) is 0 Å². The summed E-state index contributed by atoms with van der Waals surface area (Å²) >= 11 is 12.2. The normalized spacial score (nSPS) is 24.9. The van der Waals surface area contributed by atoms with Gasteiger partial charge in [0, 0.05) is 38.3 Å². The van der Waals surface area contributed by atoms with Gasteiger partial charge in [0.05, 0.1) is 22.5 Å². The van der Waals surface area contributed by atoms with Gasteiger partial charge in [0.2, 0.25) is 5.91 Å². The average Bonchev–Trinajstić information content (AvgIpc) is 3.39. The molecule has 4 rings (SSSR count). The number of methoxy groups -OCH3 is 1. The minimum atomic E-state index is -1.31. The van der Waals surface area contributed by atoms with Crippen LogP contribution in [-0.2, 0) is 25.5 Å². The van der Waals surface area contributed by atoms with Crippen molar-refractivity contribution < 1.29 is 34.4 Å². The highest BCUT2D eigenvalue weighted by molar-refractivity contribution is 6.42. The van der Waals surface area contributed by atoms with E-state index in [-0.39, 0.29) is 24.3 Å². The third-order valence-corrected chi connectivity index (χ3v) is 7.67. The molecule has 1 aliphatic carbocycles. The third kappa shape index (κ3) is 7.68. The van der Waals surface area contributed by atoms with E-state index in [1.165, 1.54) is 20.0 Å². The molecule has 1 aromatic rings. The van der Waals surface area contributed by atoms with Crippen LogP contribution >= 0.6 is 23.2 Å². The van der Waals surface area contributed by atoms with Crippen molar-refractivity contribution in [2.75, 3.05) is 33.3 Å². The molecule has 38 heavy (non-hydrogen) atoms. The number of ether oxygens (including phenoxy) is 1. The molecule has 0 spiro atoms. The first kappa shape index (κ1) is 29.9. The van der Waals surface area contributed by atoms with Crippen molar-refractivity contribution in [1.82, 2.24) is 9.80 Å². The van der Waals surface area contributed by atoms with E-state index in [4.69, 9.17) is 38.2 Å². The lowest BCUT2D eigenvalue weighted by Gasteiger charge is -2.48. The number of halogens is 2.